The summed E-state index contributed by atoms with van der Waals surface area (Å²) in [5.41, 5.74) is 6.31. The molecule has 2 rings (SSSR count). The highest BCUT2D eigenvalue weighted by molar-refractivity contribution is 5.85. The maximum Gasteiger partial charge on any atom is 0.263 e. The van der Waals surface area contributed by atoms with E-state index in [-0.39, 0.29) is 43.2 Å². The zero-order chi connectivity index (χ0) is 15.9. The van der Waals surface area contributed by atoms with Gasteiger partial charge in [0.05, 0.1) is 18.4 Å². The summed E-state index contributed by atoms with van der Waals surface area (Å²) in [6.45, 7) is 4.35. The Kier molecular flexibility index (Phi) is 10.4. The van der Waals surface area contributed by atoms with Gasteiger partial charge in [0.2, 0.25) is 5.91 Å². The van der Waals surface area contributed by atoms with Crippen molar-refractivity contribution in [3.63, 3.8) is 0 Å². The molecule has 2 aromatic rings. The van der Waals surface area contributed by atoms with Gasteiger partial charge >= 0.3 is 0 Å². The minimum Gasteiger partial charge on any atom is -0.459 e. The molecule has 0 saturated carbocycles. The Labute approximate surface area is 154 Å². The van der Waals surface area contributed by atoms with E-state index in [9.17, 15) is 4.79 Å². The highest BCUT2D eigenvalue weighted by atomic mass is 35.5. The predicted octanol–water partition coefficient (Wildman–Crippen LogP) is 3.26. The van der Waals surface area contributed by atoms with Gasteiger partial charge in [0.25, 0.3) is 5.89 Å². The third-order valence-electron chi connectivity index (χ3n) is 3.51. The normalized spacial score (nSPS) is 11.3. The largest absolute Gasteiger partial charge is 0.459 e. The first-order valence-corrected chi connectivity index (χ1v) is 7.63. The Morgan fingerprint density at radius 2 is 2.17 bits per heavy atom. The number of nitrogens with two attached hydrogens (primary N) is 1. The number of carbonyl (C=O) groups excluding carboxylic acids is 1. The van der Waals surface area contributed by atoms with E-state index in [1.807, 2.05) is 0 Å². The first-order valence-electron chi connectivity index (χ1n) is 7.63. The second-order valence-electron chi connectivity index (χ2n) is 5.32. The number of aromatic nitrogens is 1. The summed E-state index contributed by atoms with van der Waals surface area (Å²) < 4.78 is 10.8. The molecule has 136 valence electrons. The Balaban J connectivity index is 0.00000264. The average molecular weight is 378 g/mol. The van der Waals surface area contributed by atoms with Crippen LogP contribution < -0.4 is 11.1 Å². The van der Waals surface area contributed by atoms with Crippen LogP contribution in [0.2, 0.25) is 0 Å². The highest BCUT2D eigenvalue weighted by Crippen LogP contribution is 2.22. The van der Waals surface area contributed by atoms with Crippen molar-refractivity contribution < 1.29 is 13.6 Å². The molecular weight excluding hydrogens is 353 g/mol. The molecule has 0 aliphatic heterocycles. The minimum absolute atomic E-state index is 0. The Hall–Kier alpha value is -1.50. The molecule has 1 amide bonds. The van der Waals surface area contributed by atoms with Crippen LogP contribution in [0.25, 0.3) is 11.7 Å². The van der Waals surface area contributed by atoms with Crippen molar-refractivity contribution in [3.05, 3.63) is 29.9 Å². The third-order valence-corrected chi connectivity index (χ3v) is 3.51. The van der Waals surface area contributed by atoms with Gasteiger partial charge in [-0.3, -0.25) is 4.79 Å². The molecule has 0 radical (unpaired) electrons. The number of aryl methyl sites for hydroxylation is 1. The molecular formula is C16H25Cl2N3O3. The first-order chi connectivity index (χ1) is 10.6. The minimum atomic E-state index is -0.0889. The Morgan fingerprint density at radius 3 is 2.75 bits per heavy atom. The number of unbranched alkanes of at least 4 members (excludes halogenated alkanes) is 1. The number of carbonyl (C=O) groups is 1. The molecule has 0 fully saturated rings. The number of halogens is 2. The number of amides is 1. The van der Waals surface area contributed by atoms with E-state index in [1.54, 1.807) is 25.3 Å². The van der Waals surface area contributed by atoms with E-state index in [0.717, 1.165) is 19.3 Å². The zero-order valence-electron chi connectivity index (χ0n) is 13.9. The number of furan rings is 1. The van der Waals surface area contributed by atoms with Crippen molar-refractivity contribution in [2.45, 2.75) is 45.6 Å². The first kappa shape index (κ1) is 22.5. The summed E-state index contributed by atoms with van der Waals surface area (Å²) in [4.78, 5) is 16.5. The van der Waals surface area contributed by atoms with Crippen molar-refractivity contribution in [2.75, 3.05) is 6.54 Å². The lowest BCUT2D eigenvalue weighted by atomic mass is 10.1. The third kappa shape index (κ3) is 6.19. The van der Waals surface area contributed by atoms with Crippen LogP contribution >= 0.6 is 24.8 Å². The summed E-state index contributed by atoms with van der Waals surface area (Å²) in [6, 6.07) is 3.55. The summed E-state index contributed by atoms with van der Waals surface area (Å²) in [5, 5.41) is 2.95. The molecule has 1 atom stereocenters. The predicted molar refractivity (Wildman–Crippen MR) is 97.7 cm³/mol. The molecule has 2 aromatic heterocycles. The van der Waals surface area contributed by atoms with Gasteiger partial charge in [0.15, 0.2) is 5.76 Å². The second kappa shape index (κ2) is 11.1. The standard InChI is InChI=1S/C16H23N3O3.2ClH/c1-3-4-6-12(10-17)18-15(20)9-13-11(2)22-16(19-13)14-7-5-8-21-14;;/h5,7-8,12H,3-4,6,9-10,17H2,1-2H3,(H,18,20);2*1H. The maximum atomic E-state index is 12.1. The van der Waals surface area contributed by atoms with Crippen molar-refractivity contribution in [3.8, 4) is 11.7 Å². The molecule has 0 aliphatic carbocycles. The zero-order valence-corrected chi connectivity index (χ0v) is 15.5. The van der Waals surface area contributed by atoms with Crippen LogP contribution in [0.1, 0.15) is 37.6 Å². The summed E-state index contributed by atoms with van der Waals surface area (Å²) in [5.74, 6) is 1.48. The van der Waals surface area contributed by atoms with Crippen molar-refractivity contribution >= 4 is 30.7 Å². The highest BCUT2D eigenvalue weighted by Gasteiger charge is 2.17. The summed E-state index contributed by atoms with van der Waals surface area (Å²) >= 11 is 0. The van der Waals surface area contributed by atoms with Crippen LogP contribution in [0.15, 0.2) is 27.2 Å². The van der Waals surface area contributed by atoms with Gasteiger partial charge in [-0.25, -0.2) is 4.98 Å². The SMILES string of the molecule is CCCCC(CN)NC(=O)Cc1nc(-c2ccco2)oc1C.Cl.Cl. The average Bonchev–Trinajstić information content (AvgIpc) is 3.14. The van der Waals surface area contributed by atoms with Crippen molar-refractivity contribution in [1.82, 2.24) is 10.3 Å². The Morgan fingerprint density at radius 1 is 1.42 bits per heavy atom. The lowest BCUT2D eigenvalue weighted by Crippen LogP contribution is -2.41. The van der Waals surface area contributed by atoms with Gasteiger partial charge < -0.3 is 19.9 Å². The van der Waals surface area contributed by atoms with Crippen LogP contribution in [0, 0.1) is 6.92 Å². The molecule has 0 aromatic carbocycles. The molecule has 0 saturated heterocycles. The van der Waals surface area contributed by atoms with Crippen molar-refractivity contribution in [2.24, 2.45) is 5.73 Å². The number of hydrogen-bond acceptors (Lipinski definition) is 5. The van der Waals surface area contributed by atoms with E-state index in [4.69, 9.17) is 14.6 Å². The molecule has 6 nitrogen and oxygen atoms in total. The number of rotatable bonds is 8. The monoisotopic (exact) mass is 377 g/mol. The summed E-state index contributed by atoms with van der Waals surface area (Å²) in [7, 11) is 0. The quantitative estimate of drug-likeness (QED) is 0.735. The van der Waals surface area contributed by atoms with Crippen LogP contribution in [-0.2, 0) is 11.2 Å². The lowest BCUT2D eigenvalue weighted by molar-refractivity contribution is -0.121. The topological polar surface area (TPSA) is 94.3 Å². The summed E-state index contributed by atoms with van der Waals surface area (Å²) in [6.07, 6.45) is 4.77. The second-order valence-corrected chi connectivity index (χ2v) is 5.32. The number of nitrogens with zero attached hydrogens (tertiary/aromatic N) is 1. The van der Waals surface area contributed by atoms with E-state index >= 15 is 0 Å². The van der Waals surface area contributed by atoms with Crippen molar-refractivity contribution in [1.29, 1.82) is 0 Å². The molecule has 8 heteroatoms. The van der Waals surface area contributed by atoms with Crippen LogP contribution in [0.5, 0.6) is 0 Å². The maximum absolute atomic E-state index is 12.1. The number of oxazole rings is 1. The van der Waals surface area contributed by atoms with E-state index in [1.165, 1.54) is 0 Å². The fourth-order valence-electron chi connectivity index (χ4n) is 2.23. The van der Waals surface area contributed by atoms with E-state index in [0.29, 0.717) is 29.6 Å². The lowest BCUT2D eigenvalue weighted by Gasteiger charge is -2.16. The molecule has 24 heavy (non-hydrogen) atoms. The molecule has 3 N–H and O–H groups in total. The van der Waals surface area contributed by atoms with E-state index < -0.39 is 0 Å². The molecule has 0 bridgehead atoms. The van der Waals surface area contributed by atoms with Crippen LogP contribution in [0.3, 0.4) is 0 Å². The smallest absolute Gasteiger partial charge is 0.263 e. The van der Waals surface area contributed by atoms with Gasteiger partial charge in [-0.15, -0.1) is 24.8 Å². The van der Waals surface area contributed by atoms with Gasteiger partial charge in [-0.2, -0.15) is 0 Å². The fourth-order valence-corrected chi connectivity index (χ4v) is 2.23. The van der Waals surface area contributed by atoms with Gasteiger partial charge in [-0.05, 0) is 25.5 Å². The van der Waals surface area contributed by atoms with Gasteiger partial charge in [0.1, 0.15) is 5.76 Å². The number of hydrogen-bond donors (Lipinski definition) is 2. The van der Waals surface area contributed by atoms with Gasteiger partial charge in [-0.1, -0.05) is 19.8 Å². The molecule has 0 spiro atoms. The van der Waals surface area contributed by atoms with Crippen LogP contribution in [-0.4, -0.2) is 23.5 Å². The van der Waals surface area contributed by atoms with E-state index in [2.05, 4.69) is 17.2 Å². The van der Waals surface area contributed by atoms with Gasteiger partial charge in [0, 0.05) is 12.6 Å². The molecule has 2 heterocycles. The molecule has 0 aliphatic rings. The van der Waals surface area contributed by atoms with Crippen LogP contribution in [0.4, 0.5) is 0 Å². The Bertz CT molecular complexity index is 600. The molecule has 1 unspecified atom stereocenters. The number of nitrogens with one attached hydrogen (secondary N) is 1. The fraction of sp³-hybridized carbons (Fsp3) is 0.500.